The quantitative estimate of drug-likeness (QED) is 0.554. The Kier molecular flexibility index (Phi) is 10.9. The highest BCUT2D eigenvalue weighted by molar-refractivity contribution is 5.15. The molecule has 0 bridgehead atoms. The minimum atomic E-state index is 1.22. The van der Waals surface area contributed by atoms with Crippen LogP contribution in [0.4, 0.5) is 0 Å². The molecule has 0 fully saturated rings. The van der Waals surface area contributed by atoms with Crippen LogP contribution in [0.5, 0.6) is 0 Å². The normalized spacial score (nSPS) is 7.09. The van der Waals surface area contributed by atoms with Crippen LogP contribution in [0.15, 0.2) is 16.9 Å². The smallest absolute Gasteiger partial charge is 0.0934 e. The SMILES string of the molecule is CC.CC.Cc1cocc1C. The van der Waals surface area contributed by atoms with Crippen LogP contribution in [0.2, 0.25) is 0 Å². The summed E-state index contributed by atoms with van der Waals surface area (Å²) >= 11 is 0. The Morgan fingerprint density at radius 2 is 1.09 bits per heavy atom. The summed E-state index contributed by atoms with van der Waals surface area (Å²) in [6, 6.07) is 0. The first-order valence-corrected chi connectivity index (χ1v) is 4.30. The Balaban J connectivity index is 0. The first kappa shape index (κ1) is 12.9. The van der Waals surface area contributed by atoms with Crippen LogP contribution in [0.1, 0.15) is 38.8 Å². The monoisotopic (exact) mass is 156 g/mol. The van der Waals surface area contributed by atoms with Gasteiger partial charge in [-0.25, -0.2) is 0 Å². The molecule has 0 N–H and O–H groups in total. The Bertz CT molecular complexity index is 137. The van der Waals surface area contributed by atoms with Gasteiger partial charge in [0.2, 0.25) is 0 Å². The zero-order valence-corrected chi connectivity index (χ0v) is 8.56. The molecular formula is C10H20O. The van der Waals surface area contributed by atoms with E-state index < -0.39 is 0 Å². The standard InChI is InChI=1S/C6H8O.2C2H6/c1-5-3-7-4-6(5)2;2*1-2/h3-4H,1-2H3;2*1-2H3. The van der Waals surface area contributed by atoms with E-state index in [-0.39, 0.29) is 0 Å². The third-order valence-electron chi connectivity index (χ3n) is 1.11. The second-order valence-electron chi connectivity index (χ2n) is 1.74. The summed E-state index contributed by atoms with van der Waals surface area (Å²) in [5.41, 5.74) is 2.44. The molecular weight excluding hydrogens is 136 g/mol. The molecule has 0 amide bonds. The van der Waals surface area contributed by atoms with E-state index >= 15 is 0 Å². The van der Waals surface area contributed by atoms with Gasteiger partial charge in [0.25, 0.3) is 0 Å². The van der Waals surface area contributed by atoms with Gasteiger partial charge in [0.1, 0.15) is 0 Å². The van der Waals surface area contributed by atoms with Gasteiger partial charge in [-0.05, 0) is 25.0 Å². The van der Waals surface area contributed by atoms with Gasteiger partial charge in [0, 0.05) is 0 Å². The third-order valence-corrected chi connectivity index (χ3v) is 1.11. The molecule has 0 spiro atoms. The van der Waals surface area contributed by atoms with Crippen molar-refractivity contribution in [1.82, 2.24) is 0 Å². The fraction of sp³-hybridized carbons (Fsp3) is 0.600. The molecule has 1 nitrogen and oxygen atoms in total. The average Bonchev–Trinajstić information content (AvgIpc) is 2.44. The van der Waals surface area contributed by atoms with Gasteiger partial charge in [-0.3, -0.25) is 0 Å². The number of furan rings is 1. The van der Waals surface area contributed by atoms with Gasteiger partial charge in [-0.15, -0.1) is 0 Å². The van der Waals surface area contributed by atoms with Crippen molar-refractivity contribution >= 4 is 0 Å². The molecule has 0 unspecified atom stereocenters. The average molecular weight is 156 g/mol. The zero-order chi connectivity index (χ0) is 9.28. The van der Waals surface area contributed by atoms with Gasteiger partial charge >= 0.3 is 0 Å². The fourth-order valence-electron chi connectivity index (χ4n) is 0.424. The van der Waals surface area contributed by atoms with Crippen molar-refractivity contribution in [3.8, 4) is 0 Å². The van der Waals surface area contributed by atoms with Gasteiger partial charge in [-0.1, -0.05) is 27.7 Å². The molecule has 1 rings (SSSR count). The Hall–Kier alpha value is -0.720. The van der Waals surface area contributed by atoms with Gasteiger partial charge < -0.3 is 4.42 Å². The summed E-state index contributed by atoms with van der Waals surface area (Å²) in [5, 5.41) is 0. The highest BCUT2D eigenvalue weighted by atomic mass is 16.3. The minimum absolute atomic E-state index is 1.22. The van der Waals surface area contributed by atoms with Gasteiger partial charge in [-0.2, -0.15) is 0 Å². The molecule has 1 aromatic rings. The zero-order valence-electron chi connectivity index (χ0n) is 8.56. The maximum atomic E-state index is 4.84. The largest absolute Gasteiger partial charge is 0.472 e. The van der Waals surface area contributed by atoms with E-state index in [1.165, 1.54) is 11.1 Å². The molecule has 0 aliphatic rings. The summed E-state index contributed by atoms with van der Waals surface area (Å²) in [7, 11) is 0. The Labute approximate surface area is 70.4 Å². The van der Waals surface area contributed by atoms with Crippen molar-refractivity contribution in [1.29, 1.82) is 0 Å². The second-order valence-corrected chi connectivity index (χ2v) is 1.74. The summed E-state index contributed by atoms with van der Waals surface area (Å²) in [4.78, 5) is 0. The molecule has 1 aromatic heterocycles. The molecule has 0 saturated heterocycles. The minimum Gasteiger partial charge on any atom is -0.472 e. The van der Waals surface area contributed by atoms with Crippen LogP contribution >= 0.6 is 0 Å². The maximum absolute atomic E-state index is 4.84. The highest BCUT2D eigenvalue weighted by Gasteiger charge is 1.88. The maximum Gasteiger partial charge on any atom is 0.0934 e. The van der Waals surface area contributed by atoms with Crippen LogP contribution < -0.4 is 0 Å². The molecule has 0 aliphatic carbocycles. The first-order chi connectivity index (χ1) is 5.30. The lowest BCUT2D eigenvalue weighted by Gasteiger charge is -1.76. The van der Waals surface area contributed by atoms with Crippen molar-refractivity contribution < 1.29 is 4.42 Å². The molecule has 1 heterocycles. The van der Waals surface area contributed by atoms with Crippen LogP contribution in [0.25, 0.3) is 0 Å². The van der Waals surface area contributed by atoms with E-state index in [1.54, 1.807) is 12.5 Å². The van der Waals surface area contributed by atoms with Crippen molar-refractivity contribution in [3.05, 3.63) is 23.7 Å². The van der Waals surface area contributed by atoms with E-state index in [0.29, 0.717) is 0 Å². The highest BCUT2D eigenvalue weighted by Crippen LogP contribution is 2.04. The van der Waals surface area contributed by atoms with Crippen LogP contribution in [0.3, 0.4) is 0 Å². The van der Waals surface area contributed by atoms with Crippen LogP contribution in [-0.2, 0) is 0 Å². The molecule has 0 aromatic carbocycles. The topological polar surface area (TPSA) is 13.1 Å². The van der Waals surface area contributed by atoms with Crippen molar-refractivity contribution in [2.45, 2.75) is 41.5 Å². The Morgan fingerprint density at radius 3 is 1.18 bits per heavy atom. The number of rotatable bonds is 0. The van der Waals surface area contributed by atoms with Crippen LogP contribution in [-0.4, -0.2) is 0 Å². The predicted molar refractivity (Wildman–Crippen MR) is 50.9 cm³/mol. The van der Waals surface area contributed by atoms with Crippen molar-refractivity contribution in [2.24, 2.45) is 0 Å². The summed E-state index contributed by atoms with van der Waals surface area (Å²) < 4.78 is 4.84. The molecule has 0 radical (unpaired) electrons. The number of hydrogen-bond donors (Lipinski definition) is 0. The lowest BCUT2D eigenvalue weighted by atomic mass is 10.2. The van der Waals surface area contributed by atoms with E-state index in [1.807, 2.05) is 41.5 Å². The molecule has 11 heavy (non-hydrogen) atoms. The van der Waals surface area contributed by atoms with Crippen molar-refractivity contribution in [3.63, 3.8) is 0 Å². The third kappa shape index (κ3) is 5.71. The number of aryl methyl sites for hydroxylation is 2. The molecule has 66 valence electrons. The summed E-state index contributed by atoms with van der Waals surface area (Å²) in [6.45, 7) is 12.1. The Morgan fingerprint density at radius 1 is 0.818 bits per heavy atom. The summed E-state index contributed by atoms with van der Waals surface area (Å²) in [6.07, 6.45) is 3.49. The van der Waals surface area contributed by atoms with E-state index in [2.05, 4.69) is 0 Å². The van der Waals surface area contributed by atoms with Gasteiger partial charge in [0.15, 0.2) is 0 Å². The molecule has 0 atom stereocenters. The van der Waals surface area contributed by atoms with E-state index in [9.17, 15) is 0 Å². The molecule has 0 aliphatic heterocycles. The lowest BCUT2D eigenvalue weighted by molar-refractivity contribution is 0.564. The molecule has 0 saturated carbocycles. The fourth-order valence-corrected chi connectivity index (χ4v) is 0.424. The predicted octanol–water partition coefficient (Wildman–Crippen LogP) is 3.95. The number of hydrogen-bond acceptors (Lipinski definition) is 1. The van der Waals surface area contributed by atoms with Crippen LogP contribution in [0, 0.1) is 13.8 Å². The second kappa shape index (κ2) is 9.28. The summed E-state index contributed by atoms with van der Waals surface area (Å²) in [5.74, 6) is 0. The molecule has 1 heteroatoms. The first-order valence-electron chi connectivity index (χ1n) is 4.30. The van der Waals surface area contributed by atoms with Gasteiger partial charge in [0.05, 0.1) is 12.5 Å². The van der Waals surface area contributed by atoms with Crippen molar-refractivity contribution in [2.75, 3.05) is 0 Å². The van der Waals surface area contributed by atoms with E-state index in [4.69, 9.17) is 4.42 Å². The van der Waals surface area contributed by atoms with E-state index in [0.717, 1.165) is 0 Å². The lowest BCUT2D eigenvalue weighted by Crippen LogP contribution is -1.63.